The van der Waals surface area contributed by atoms with Crippen LogP contribution in [0.15, 0.2) is 72.8 Å². The molecule has 4 nitrogen and oxygen atoms in total. The van der Waals surface area contributed by atoms with Crippen LogP contribution in [0.3, 0.4) is 0 Å². The summed E-state index contributed by atoms with van der Waals surface area (Å²) in [6.45, 7) is 10.4. The third-order valence-electron chi connectivity index (χ3n) is 5.40. The van der Waals surface area contributed by atoms with E-state index in [2.05, 4.69) is 62.6 Å². The van der Waals surface area contributed by atoms with Crippen LogP contribution in [0.4, 0.5) is 0 Å². The molecule has 0 N–H and O–H groups in total. The standard InChI is InChI=1S/C27H30N2O2/c1-20-8-7-9-23(18-20)30-17-16-29-25-11-6-5-10-24(25)28-26(29)19-31-22-14-12-21(13-15-22)27(2,3)4/h5-15,18H,16-17,19H2,1-4H3. The van der Waals surface area contributed by atoms with E-state index in [9.17, 15) is 0 Å². The van der Waals surface area contributed by atoms with E-state index in [-0.39, 0.29) is 5.41 Å². The number of ether oxygens (including phenoxy) is 2. The molecule has 4 heteroatoms. The van der Waals surface area contributed by atoms with Gasteiger partial charge in [0.1, 0.15) is 30.5 Å². The van der Waals surface area contributed by atoms with E-state index in [1.807, 2.05) is 42.5 Å². The summed E-state index contributed by atoms with van der Waals surface area (Å²) in [5.74, 6) is 2.64. The molecule has 0 saturated heterocycles. The van der Waals surface area contributed by atoms with Gasteiger partial charge in [-0.3, -0.25) is 0 Å². The summed E-state index contributed by atoms with van der Waals surface area (Å²) in [5.41, 5.74) is 4.68. The quantitative estimate of drug-likeness (QED) is 0.356. The molecule has 0 radical (unpaired) electrons. The molecule has 0 unspecified atom stereocenters. The first kappa shape index (κ1) is 21.0. The van der Waals surface area contributed by atoms with Gasteiger partial charge < -0.3 is 14.0 Å². The minimum absolute atomic E-state index is 0.129. The molecule has 0 aliphatic carbocycles. The molecule has 0 atom stereocenters. The van der Waals surface area contributed by atoms with Gasteiger partial charge in [-0.2, -0.15) is 0 Å². The molecule has 0 fully saturated rings. The number of para-hydroxylation sites is 2. The van der Waals surface area contributed by atoms with Crippen molar-refractivity contribution in [2.75, 3.05) is 6.61 Å². The third kappa shape index (κ3) is 5.08. The van der Waals surface area contributed by atoms with Gasteiger partial charge in [-0.15, -0.1) is 0 Å². The largest absolute Gasteiger partial charge is 0.492 e. The number of aromatic nitrogens is 2. The van der Waals surface area contributed by atoms with Gasteiger partial charge in [0.15, 0.2) is 0 Å². The van der Waals surface area contributed by atoms with Crippen molar-refractivity contribution < 1.29 is 9.47 Å². The average molecular weight is 415 g/mol. The van der Waals surface area contributed by atoms with E-state index in [4.69, 9.17) is 14.5 Å². The van der Waals surface area contributed by atoms with E-state index in [0.717, 1.165) is 28.4 Å². The van der Waals surface area contributed by atoms with Crippen molar-refractivity contribution in [1.82, 2.24) is 9.55 Å². The lowest BCUT2D eigenvalue weighted by atomic mass is 9.87. The number of aryl methyl sites for hydroxylation is 1. The maximum atomic E-state index is 6.09. The molecule has 0 spiro atoms. The second kappa shape index (κ2) is 8.84. The first-order chi connectivity index (χ1) is 14.9. The summed E-state index contributed by atoms with van der Waals surface area (Å²) >= 11 is 0. The van der Waals surface area contributed by atoms with Crippen LogP contribution < -0.4 is 9.47 Å². The summed E-state index contributed by atoms with van der Waals surface area (Å²) in [7, 11) is 0. The molecule has 0 saturated carbocycles. The maximum Gasteiger partial charge on any atom is 0.148 e. The Morgan fingerprint density at radius 2 is 1.61 bits per heavy atom. The average Bonchev–Trinajstić information content (AvgIpc) is 3.10. The molecule has 0 bridgehead atoms. The topological polar surface area (TPSA) is 36.3 Å². The number of benzene rings is 3. The molecule has 1 heterocycles. The molecule has 0 amide bonds. The van der Waals surface area contributed by atoms with Crippen LogP contribution in [0.25, 0.3) is 11.0 Å². The summed E-state index contributed by atoms with van der Waals surface area (Å²) in [6, 6.07) is 24.6. The molecule has 4 aromatic rings. The molecule has 3 aromatic carbocycles. The summed E-state index contributed by atoms with van der Waals surface area (Å²) in [5, 5.41) is 0. The van der Waals surface area contributed by atoms with Crippen molar-refractivity contribution in [3.05, 3.63) is 89.7 Å². The number of nitrogens with zero attached hydrogens (tertiary/aromatic N) is 2. The summed E-state index contributed by atoms with van der Waals surface area (Å²) in [4.78, 5) is 4.81. The molecule has 1 aromatic heterocycles. The SMILES string of the molecule is Cc1cccc(OCCn2c(COc3ccc(C(C)(C)C)cc3)nc3ccccc32)c1. The van der Waals surface area contributed by atoms with E-state index in [1.54, 1.807) is 0 Å². The van der Waals surface area contributed by atoms with E-state index in [0.29, 0.717) is 19.8 Å². The Morgan fingerprint density at radius 3 is 2.35 bits per heavy atom. The Hall–Kier alpha value is -3.27. The Morgan fingerprint density at radius 1 is 0.839 bits per heavy atom. The number of fused-ring (bicyclic) bond motifs is 1. The smallest absolute Gasteiger partial charge is 0.148 e. The van der Waals surface area contributed by atoms with Crippen LogP contribution in [0, 0.1) is 6.92 Å². The van der Waals surface area contributed by atoms with E-state index < -0.39 is 0 Å². The lowest BCUT2D eigenvalue weighted by Crippen LogP contribution is -2.13. The van der Waals surface area contributed by atoms with Crippen molar-refractivity contribution in [3.63, 3.8) is 0 Å². The first-order valence-electron chi connectivity index (χ1n) is 10.8. The lowest BCUT2D eigenvalue weighted by molar-refractivity contribution is 0.272. The van der Waals surface area contributed by atoms with E-state index >= 15 is 0 Å². The third-order valence-corrected chi connectivity index (χ3v) is 5.40. The van der Waals surface area contributed by atoms with Gasteiger partial charge in [-0.25, -0.2) is 4.98 Å². The highest BCUT2D eigenvalue weighted by atomic mass is 16.5. The van der Waals surface area contributed by atoms with Crippen LogP contribution in [0.1, 0.15) is 37.7 Å². The minimum Gasteiger partial charge on any atom is -0.492 e. The Kier molecular flexibility index (Phi) is 5.99. The van der Waals surface area contributed by atoms with Gasteiger partial charge in [0.05, 0.1) is 17.6 Å². The molecular formula is C27H30N2O2. The molecule has 4 rings (SSSR count). The van der Waals surface area contributed by atoms with Crippen molar-refractivity contribution in [2.24, 2.45) is 0 Å². The number of hydrogen-bond donors (Lipinski definition) is 0. The zero-order chi connectivity index (χ0) is 21.8. The Bertz CT molecular complexity index is 1150. The number of imidazole rings is 1. The van der Waals surface area contributed by atoms with Gasteiger partial charge in [0, 0.05) is 0 Å². The van der Waals surface area contributed by atoms with Crippen molar-refractivity contribution in [2.45, 2.75) is 46.3 Å². The second-order valence-electron chi connectivity index (χ2n) is 8.90. The van der Waals surface area contributed by atoms with Crippen LogP contribution in [-0.4, -0.2) is 16.2 Å². The predicted octanol–water partition coefficient (Wildman–Crippen LogP) is 6.30. The Labute approximate surface area is 184 Å². The molecule has 31 heavy (non-hydrogen) atoms. The fraction of sp³-hybridized carbons (Fsp3) is 0.296. The van der Waals surface area contributed by atoms with Crippen LogP contribution >= 0.6 is 0 Å². The zero-order valence-electron chi connectivity index (χ0n) is 18.8. The highest BCUT2D eigenvalue weighted by Crippen LogP contribution is 2.25. The van der Waals surface area contributed by atoms with Crippen molar-refractivity contribution in [1.29, 1.82) is 0 Å². The van der Waals surface area contributed by atoms with Crippen molar-refractivity contribution in [3.8, 4) is 11.5 Å². The fourth-order valence-corrected chi connectivity index (χ4v) is 3.64. The lowest BCUT2D eigenvalue weighted by Gasteiger charge is -2.19. The highest BCUT2D eigenvalue weighted by Gasteiger charge is 2.14. The number of rotatable bonds is 7. The molecule has 0 aliphatic rings. The zero-order valence-corrected chi connectivity index (χ0v) is 18.8. The molecular weight excluding hydrogens is 384 g/mol. The van der Waals surface area contributed by atoms with Crippen molar-refractivity contribution >= 4 is 11.0 Å². The first-order valence-corrected chi connectivity index (χ1v) is 10.8. The predicted molar refractivity (Wildman–Crippen MR) is 126 cm³/mol. The second-order valence-corrected chi connectivity index (χ2v) is 8.90. The van der Waals surface area contributed by atoms with Crippen LogP contribution in [0.2, 0.25) is 0 Å². The Balaban J connectivity index is 1.48. The van der Waals surface area contributed by atoms with Gasteiger partial charge in [0.2, 0.25) is 0 Å². The van der Waals surface area contributed by atoms with Gasteiger partial charge in [0.25, 0.3) is 0 Å². The number of hydrogen-bond acceptors (Lipinski definition) is 3. The highest BCUT2D eigenvalue weighted by molar-refractivity contribution is 5.75. The monoisotopic (exact) mass is 414 g/mol. The van der Waals surface area contributed by atoms with Gasteiger partial charge in [-0.05, 0) is 59.9 Å². The summed E-state index contributed by atoms with van der Waals surface area (Å²) < 4.78 is 14.3. The fourth-order valence-electron chi connectivity index (χ4n) is 3.64. The van der Waals surface area contributed by atoms with E-state index in [1.165, 1.54) is 11.1 Å². The maximum absolute atomic E-state index is 6.09. The minimum atomic E-state index is 0.129. The van der Waals surface area contributed by atoms with Crippen LogP contribution in [-0.2, 0) is 18.6 Å². The summed E-state index contributed by atoms with van der Waals surface area (Å²) in [6.07, 6.45) is 0. The van der Waals surface area contributed by atoms with Crippen LogP contribution in [0.5, 0.6) is 11.5 Å². The van der Waals surface area contributed by atoms with Gasteiger partial charge >= 0.3 is 0 Å². The molecule has 0 aliphatic heterocycles. The normalized spacial score (nSPS) is 11.6. The molecule has 160 valence electrons. The van der Waals surface area contributed by atoms with Gasteiger partial charge in [-0.1, -0.05) is 57.2 Å².